The van der Waals surface area contributed by atoms with Crippen LogP contribution in [0.4, 0.5) is 5.69 Å². The van der Waals surface area contributed by atoms with Gasteiger partial charge in [0.15, 0.2) is 11.5 Å². The summed E-state index contributed by atoms with van der Waals surface area (Å²) in [7, 11) is 1.55. The second-order valence-electron chi connectivity index (χ2n) is 6.32. The van der Waals surface area contributed by atoms with Crippen LogP contribution in [0.3, 0.4) is 0 Å². The number of piperazine rings is 1. The Morgan fingerprint density at radius 3 is 2.52 bits per heavy atom. The minimum Gasteiger partial charge on any atom is -0.493 e. The first-order valence-corrected chi connectivity index (χ1v) is 9.46. The molecule has 2 aromatic rings. The SMILES string of the molecule is CCCOc1c(Cl)cc(C(=O)N2CCN(c3ccncc3)CC2)cc1OC. The predicted octanol–water partition coefficient (Wildman–Crippen LogP) is 3.49. The molecule has 0 N–H and O–H groups in total. The van der Waals surface area contributed by atoms with Gasteiger partial charge in [-0.05, 0) is 30.7 Å². The smallest absolute Gasteiger partial charge is 0.254 e. The number of ether oxygens (including phenoxy) is 2. The molecule has 0 aliphatic carbocycles. The molecule has 0 spiro atoms. The summed E-state index contributed by atoms with van der Waals surface area (Å²) >= 11 is 6.35. The first-order chi connectivity index (χ1) is 13.1. The molecule has 7 heteroatoms. The van der Waals surface area contributed by atoms with E-state index in [1.165, 1.54) is 0 Å². The van der Waals surface area contributed by atoms with Crippen LogP contribution in [0.15, 0.2) is 36.7 Å². The third-order valence-electron chi connectivity index (χ3n) is 4.52. The number of benzene rings is 1. The zero-order valence-electron chi connectivity index (χ0n) is 15.7. The van der Waals surface area contributed by atoms with Gasteiger partial charge in [-0.25, -0.2) is 0 Å². The molecule has 1 aliphatic rings. The minimum absolute atomic E-state index is 0.0494. The molecule has 0 saturated carbocycles. The average molecular weight is 390 g/mol. The normalized spacial score (nSPS) is 14.2. The molecule has 3 rings (SSSR count). The summed E-state index contributed by atoms with van der Waals surface area (Å²) in [6, 6.07) is 7.33. The second kappa shape index (κ2) is 8.95. The van der Waals surface area contributed by atoms with Crippen molar-refractivity contribution in [2.24, 2.45) is 0 Å². The Morgan fingerprint density at radius 1 is 1.19 bits per heavy atom. The molecule has 1 fully saturated rings. The van der Waals surface area contributed by atoms with Crippen molar-refractivity contribution in [2.75, 3.05) is 44.8 Å². The van der Waals surface area contributed by atoms with Gasteiger partial charge in [-0.3, -0.25) is 9.78 Å². The first-order valence-electron chi connectivity index (χ1n) is 9.08. The summed E-state index contributed by atoms with van der Waals surface area (Å²) in [5, 5.41) is 0.390. The largest absolute Gasteiger partial charge is 0.493 e. The van der Waals surface area contributed by atoms with Gasteiger partial charge in [-0.15, -0.1) is 0 Å². The summed E-state index contributed by atoms with van der Waals surface area (Å²) in [5.41, 5.74) is 1.64. The molecular weight excluding hydrogens is 366 g/mol. The van der Waals surface area contributed by atoms with E-state index in [1.807, 2.05) is 24.0 Å². The lowest BCUT2D eigenvalue weighted by atomic mass is 10.1. The lowest BCUT2D eigenvalue weighted by Crippen LogP contribution is -2.48. The molecular formula is C20H24ClN3O3. The molecule has 1 amide bonds. The molecule has 27 heavy (non-hydrogen) atoms. The van der Waals surface area contributed by atoms with Gasteiger partial charge in [0.05, 0.1) is 18.7 Å². The number of hydrogen-bond donors (Lipinski definition) is 0. The summed E-state index contributed by atoms with van der Waals surface area (Å²) in [6.45, 7) is 5.41. The number of carbonyl (C=O) groups is 1. The molecule has 0 radical (unpaired) electrons. The Bertz CT molecular complexity index is 778. The molecule has 0 bridgehead atoms. The maximum atomic E-state index is 12.9. The number of anilines is 1. The zero-order valence-corrected chi connectivity index (χ0v) is 16.4. The fourth-order valence-corrected chi connectivity index (χ4v) is 3.36. The van der Waals surface area contributed by atoms with E-state index in [0.717, 1.165) is 25.2 Å². The molecule has 1 aliphatic heterocycles. The van der Waals surface area contributed by atoms with Crippen molar-refractivity contribution in [3.63, 3.8) is 0 Å². The molecule has 1 aromatic heterocycles. The highest BCUT2D eigenvalue weighted by Gasteiger charge is 2.24. The van der Waals surface area contributed by atoms with E-state index < -0.39 is 0 Å². The van der Waals surface area contributed by atoms with Crippen molar-refractivity contribution >= 4 is 23.2 Å². The molecule has 0 atom stereocenters. The lowest BCUT2D eigenvalue weighted by Gasteiger charge is -2.36. The monoisotopic (exact) mass is 389 g/mol. The van der Waals surface area contributed by atoms with Crippen LogP contribution < -0.4 is 14.4 Å². The second-order valence-corrected chi connectivity index (χ2v) is 6.73. The van der Waals surface area contributed by atoms with Crippen LogP contribution in [-0.4, -0.2) is 55.7 Å². The van der Waals surface area contributed by atoms with Crippen LogP contribution in [0.2, 0.25) is 5.02 Å². The Kier molecular flexibility index (Phi) is 6.40. The van der Waals surface area contributed by atoms with Crippen LogP contribution in [0.5, 0.6) is 11.5 Å². The number of methoxy groups -OCH3 is 1. The number of halogens is 1. The van der Waals surface area contributed by atoms with Crippen molar-refractivity contribution in [3.05, 3.63) is 47.2 Å². The number of aromatic nitrogens is 1. The van der Waals surface area contributed by atoms with E-state index in [-0.39, 0.29) is 5.91 Å². The van der Waals surface area contributed by atoms with Crippen LogP contribution >= 0.6 is 11.6 Å². The van der Waals surface area contributed by atoms with Crippen molar-refractivity contribution in [3.8, 4) is 11.5 Å². The highest BCUT2D eigenvalue weighted by Crippen LogP contribution is 2.37. The number of rotatable bonds is 6. The van der Waals surface area contributed by atoms with Gasteiger partial charge in [0.2, 0.25) is 0 Å². The molecule has 144 valence electrons. The maximum absolute atomic E-state index is 12.9. The van der Waals surface area contributed by atoms with Gasteiger partial charge >= 0.3 is 0 Å². The van der Waals surface area contributed by atoms with Crippen LogP contribution in [0.25, 0.3) is 0 Å². The standard InChI is InChI=1S/C20H24ClN3O3/c1-3-12-27-19-17(21)13-15(14-18(19)26-2)20(25)24-10-8-23(9-11-24)16-4-6-22-7-5-16/h4-7,13-14H,3,8-12H2,1-2H3. The summed E-state index contributed by atoms with van der Waals surface area (Å²) in [5.74, 6) is 0.918. The highest BCUT2D eigenvalue weighted by atomic mass is 35.5. The number of pyridine rings is 1. The fourth-order valence-electron chi connectivity index (χ4n) is 3.09. The zero-order chi connectivity index (χ0) is 19.2. The third-order valence-corrected chi connectivity index (χ3v) is 4.80. The lowest BCUT2D eigenvalue weighted by molar-refractivity contribution is 0.0746. The molecule has 6 nitrogen and oxygen atoms in total. The van der Waals surface area contributed by atoms with Crippen LogP contribution in [0, 0.1) is 0 Å². The topological polar surface area (TPSA) is 54.9 Å². The highest BCUT2D eigenvalue weighted by molar-refractivity contribution is 6.32. The Balaban J connectivity index is 1.70. The van der Waals surface area contributed by atoms with Crippen molar-refractivity contribution in [1.29, 1.82) is 0 Å². The van der Waals surface area contributed by atoms with Gasteiger partial charge in [-0.2, -0.15) is 0 Å². The van der Waals surface area contributed by atoms with Crippen molar-refractivity contribution in [2.45, 2.75) is 13.3 Å². The van der Waals surface area contributed by atoms with Crippen molar-refractivity contribution in [1.82, 2.24) is 9.88 Å². The number of carbonyl (C=O) groups excluding carboxylic acids is 1. The van der Waals surface area contributed by atoms with E-state index in [2.05, 4.69) is 9.88 Å². The number of amides is 1. The van der Waals surface area contributed by atoms with Crippen LogP contribution in [-0.2, 0) is 0 Å². The van der Waals surface area contributed by atoms with E-state index in [4.69, 9.17) is 21.1 Å². The third kappa shape index (κ3) is 4.45. The predicted molar refractivity (Wildman–Crippen MR) is 106 cm³/mol. The molecule has 2 heterocycles. The number of hydrogen-bond acceptors (Lipinski definition) is 5. The van der Waals surface area contributed by atoms with Gasteiger partial charge in [0.25, 0.3) is 5.91 Å². The van der Waals surface area contributed by atoms with E-state index in [9.17, 15) is 4.79 Å². The average Bonchev–Trinajstić information content (AvgIpc) is 2.72. The quantitative estimate of drug-likeness (QED) is 0.756. The van der Waals surface area contributed by atoms with E-state index in [0.29, 0.717) is 41.8 Å². The molecule has 0 unspecified atom stereocenters. The Morgan fingerprint density at radius 2 is 1.89 bits per heavy atom. The van der Waals surface area contributed by atoms with Crippen LogP contribution in [0.1, 0.15) is 23.7 Å². The first kappa shape index (κ1) is 19.3. The minimum atomic E-state index is -0.0494. The van der Waals surface area contributed by atoms with E-state index >= 15 is 0 Å². The molecule has 1 saturated heterocycles. The number of nitrogens with zero attached hydrogens (tertiary/aromatic N) is 3. The van der Waals surface area contributed by atoms with Gasteiger partial charge in [0, 0.05) is 49.8 Å². The van der Waals surface area contributed by atoms with Crippen molar-refractivity contribution < 1.29 is 14.3 Å². The van der Waals surface area contributed by atoms with E-state index in [1.54, 1.807) is 31.6 Å². The molecule has 1 aromatic carbocycles. The van der Waals surface area contributed by atoms with Gasteiger partial charge < -0.3 is 19.3 Å². The summed E-state index contributed by atoms with van der Waals surface area (Å²) in [6.07, 6.45) is 4.43. The summed E-state index contributed by atoms with van der Waals surface area (Å²) < 4.78 is 11.0. The Hall–Kier alpha value is -2.47. The van der Waals surface area contributed by atoms with Gasteiger partial charge in [0.1, 0.15) is 0 Å². The maximum Gasteiger partial charge on any atom is 0.254 e. The fraction of sp³-hybridized carbons (Fsp3) is 0.400. The summed E-state index contributed by atoms with van der Waals surface area (Å²) in [4.78, 5) is 21.1. The van der Waals surface area contributed by atoms with Gasteiger partial charge in [-0.1, -0.05) is 18.5 Å². The Labute approximate surface area is 164 Å².